The summed E-state index contributed by atoms with van der Waals surface area (Å²) >= 11 is 3.34. The molecule has 0 aliphatic carbocycles. The predicted molar refractivity (Wildman–Crippen MR) is 111 cm³/mol. The Morgan fingerprint density at radius 3 is 2.89 bits per heavy atom. The zero-order valence-electron chi connectivity index (χ0n) is 16.0. The van der Waals surface area contributed by atoms with Crippen molar-refractivity contribution in [1.82, 2.24) is 20.7 Å². The molecule has 2 unspecified atom stereocenters. The van der Waals surface area contributed by atoms with E-state index in [4.69, 9.17) is 0 Å². The molecule has 2 aromatic rings. The molecule has 7 heteroatoms. The zero-order valence-corrected chi connectivity index (χ0v) is 17.6. The van der Waals surface area contributed by atoms with Gasteiger partial charge in [-0.3, -0.25) is 20.6 Å². The van der Waals surface area contributed by atoms with Crippen LogP contribution in [0.4, 0.5) is 4.39 Å². The van der Waals surface area contributed by atoms with Crippen molar-refractivity contribution in [2.75, 3.05) is 13.6 Å². The van der Waals surface area contributed by atoms with E-state index in [0.29, 0.717) is 11.6 Å². The molecule has 1 aromatic heterocycles. The van der Waals surface area contributed by atoms with Crippen molar-refractivity contribution in [2.24, 2.45) is 0 Å². The van der Waals surface area contributed by atoms with Crippen molar-refractivity contribution < 1.29 is 9.18 Å². The van der Waals surface area contributed by atoms with Crippen LogP contribution in [0.25, 0.3) is 0 Å². The number of hydrogen-bond acceptors (Lipinski definition) is 4. The van der Waals surface area contributed by atoms with Gasteiger partial charge in [0.2, 0.25) is 0 Å². The van der Waals surface area contributed by atoms with Crippen LogP contribution in [0.5, 0.6) is 0 Å². The molecule has 2 atom stereocenters. The largest absolute Gasteiger partial charge is 0.342 e. The quantitative estimate of drug-likeness (QED) is 0.593. The average molecular weight is 449 g/mol. The molecule has 0 spiro atoms. The van der Waals surface area contributed by atoms with Gasteiger partial charge in [-0.2, -0.15) is 0 Å². The van der Waals surface area contributed by atoms with Gasteiger partial charge in [-0.1, -0.05) is 25.0 Å². The zero-order chi connectivity index (χ0) is 19.9. The number of carbonyl (C=O) groups excluding carboxylic acids is 1. The van der Waals surface area contributed by atoms with Crippen molar-refractivity contribution in [3.05, 3.63) is 64.1 Å². The fourth-order valence-electron chi connectivity index (χ4n) is 3.52. The van der Waals surface area contributed by atoms with Crippen molar-refractivity contribution in [1.29, 1.82) is 0 Å². The maximum atomic E-state index is 13.4. The summed E-state index contributed by atoms with van der Waals surface area (Å²) in [4.78, 5) is 18.2. The van der Waals surface area contributed by atoms with Gasteiger partial charge >= 0.3 is 0 Å². The van der Waals surface area contributed by atoms with Crippen molar-refractivity contribution in [3.8, 4) is 0 Å². The van der Waals surface area contributed by atoms with E-state index in [1.54, 1.807) is 35.5 Å². The maximum absolute atomic E-state index is 13.4. The highest BCUT2D eigenvalue weighted by atomic mass is 79.9. The van der Waals surface area contributed by atoms with E-state index >= 15 is 0 Å². The average Bonchev–Trinajstić information content (AvgIpc) is 3.16. The van der Waals surface area contributed by atoms with Crippen LogP contribution in [0.15, 0.2) is 47.2 Å². The second-order valence-corrected chi connectivity index (χ2v) is 8.21. The Balaban J connectivity index is 1.33. The van der Waals surface area contributed by atoms with Gasteiger partial charge in [-0.15, -0.1) is 0 Å². The number of hydrazine groups is 1. The first-order valence-electron chi connectivity index (χ1n) is 9.65. The minimum atomic E-state index is -0.194. The number of carbonyl (C=O) groups is 1. The monoisotopic (exact) mass is 448 g/mol. The number of nitrogens with one attached hydrogen (secondary N) is 2. The molecule has 0 saturated carbocycles. The molecule has 1 fully saturated rings. The molecule has 1 saturated heterocycles. The topological polar surface area (TPSA) is 57.3 Å². The number of pyridine rings is 1. The Labute approximate surface area is 173 Å². The maximum Gasteiger partial charge on any atom is 0.255 e. The number of nitrogens with zero attached hydrogens (tertiary/aromatic N) is 2. The molecule has 2 heterocycles. The summed E-state index contributed by atoms with van der Waals surface area (Å²) in [5.41, 5.74) is 8.17. The summed E-state index contributed by atoms with van der Waals surface area (Å²) in [7, 11) is 1.83. The van der Waals surface area contributed by atoms with E-state index in [-0.39, 0.29) is 17.8 Å². The smallest absolute Gasteiger partial charge is 0.255 e. The Kier molecular flexibility index (Phi) is 7.53. The normalized spacial score (nSPS) is 19.0. The summed E-state index contributed by atoms with van der Waals surface area (Å²) < 4.78 is 14.2. The van der Waals surface area contributed by atoms with Crippen LogP contribution in [0, 0.1) is 5.82 Å². The molecule has 0 bridgehead atoms. The summed E-state index contributed by atoms with van der Waals surface area (Å²) in [5, 5.41) is 0. The summed E-state index contributed by atoms with van der Waals surface area (Å²) in [6, 6.07) is 9.11. The number of aromatic nitrogens is 1. The van der Waals surface area contributed by atoms with E-state index in [2.05, 4.69) is 31.8 Å². The molecule has 1 amide bonds. The molecule has 5 nitrogen and oxygen atoms in total. The van der Waals surface area contributed by atoms with E-state index in [9.17, 15) is 9.18 Å². The fraction of sp³-hybridized carbons (Fsp3) is 0.429. The van der Waals surface area contributed by atoms with Crippen LogP contribution < -0.4 is 10.9 Å². The van der Waals surface area contributed by atoms with Gasteiger partial charge < -0.3 is 4.90 Å². The second kappa shape index (κ2) is 10.1. The van der Waals surface area contributed by atoms with Gasteiger partial charge in [-0.05, 0) is 59.0 Å². The van der Waals surface area contributed by atoms with Crippen molar-refractivity contribution >= 4 is 21.8 Å². The number of amides is 1. The first-order valence-corrected chi connectivity index (χ1v) is 10.4. The van der Waals surface area contributed by atoms with Crippen LogP contribution in [-0.2, 0) is 0 Å². The summed E-state index contributed by atoms with van der Waals surface area (Å²) in [6.07, 6.45) is 8.41. The Bertz CT molecular complexity index is 803. The highest BCUT2D eigenvalue weighted by Crippen LogP contribution is 2.25. The van der Waals surface area contributed by atoms with E-state index in [1.165, 1.54) is 6.07 Å². The van der Waals surface area contributed by atoms with Crippen LogP contribution in [0.2, 0.25) is 0 Å². The number of unbranched alkanes of at least 4 members (excludes halogenated alkanes) is 2. The van der Waals surface area contributed by atoms with Gasteiger partial charge in [0.15, 0.2) is 0 Å². The molecule has 1 aromatic carbocycles. The first kappa shape index (κ1) is 20.9. The van der Waals surface area contributed by atoms with Crippen molar-refractivity contribution in [3.63, 3.8) is 0 Å². The first-order chi connectivity index (χ1) is 13.5. The standard InChI is InChI=1S/C21H26BrFN4O/c1-27(21(28)16-10-17(22)14-24-13-16)9-4-2-3-8-19-12-20(26-25-19)15-6-5-7-18(23)11-15/h5-7,10-11,13-14,19-20,25-26H,2-4,8-9,12H2,1H3. The van der Waals surface area contributed by atoms with Crippen molar-refractivity contribution in [2.45, 2.75) is 44.2 Å². The predicted octanol–water partition coefficient (Wildman–Crippen LogP) is 4.22. The molecule has 28 heavy (non-hydrogen) atoms. The van der Waals surface area contributed by atoms with Crippen LogP contribution in [0.3, 0.4) is 0 Å². The lowest BCUT2D eigenvalue weighted by molar-refractivity contribution is 0.0792. The second-order valence-electron chi connectivity index (χ2n) is 7.30. The van der Waals surface area contributed by atoms with E-state index < -0.39 is 0 Å². The SMILES string of the molecule is CN(CCCCCC1CC(c2cccc(F)c2)NN1)C(=O)c1cncc(Br)c1. The van der Waals surface area contributed by atoms with Gasteiger partial charge in [-0.25, -0.2) is 4.39 Å². The molecular formula is C21H26BrFN4O. The lowest BCUT2D eigenvalue weighted by Gasteiger charge is -2.17. The molecule has 150 valence electrons. The molecular weight excluding hydrogens is 423 g/mol. The Hall–Kier alpha value is -1.83. The number of rotatable bonds is 8. The van der Waals surface area contributed by atoms with Gasteiger partial charge in [0.25, 0.3) is 5.91 Å². The fourth-order valence-corrected chi connectivity index (χ4v) is 3.89. The third-order valence-corrected chi connectivity index (χ3v) is 5.51. The molecule has 3 rings (SSSR count). The highest BCUT2D eigenvalue weighted by Gasteiger charge is 2.24. The Morgan fingerprint density at radius 2 is 2.11 bits per heavy atom. The molecule has 2 N–H and O–H groups in total. The van der Waals surface area contributed by atoms with E-state index in [1.807, 2.05) is 13.1 Å². The van der Waals surface area contributed by atoms with Crippen LogP contribution >= 0.6 is 15.9 Å². The van der Waals surface area contributed by atoms with Crippen LogP contribution in [0.1, 0.15) is 54.1 Å². The third kappa shape index (κ3) is 5.83. The number of benzene rings is 1. The number of hydrogen-bond donors (Lipinski definition) is 2. The number of halogens is 2. The lowest BCUT2D eigenvalue weighted by atomic mass is 9.99. The van der Waals surface area contributed by atoms with Gasteiger partial charge in [0.1, 0.15) is 5.82 Å². The highest BCUT2D eigenvalue weighted by molar-refractivity contribution is 9.10. The van der Waals surface area contributed by atoms with E-state index in [0.717, 1.165) is 48.7 Å². The minimum Gasteiger partial charge on any atom is -0.342 e. The lowest BCUT2D eigenvalue weighted by Crippen LogP contribution is -2.31. The third-order valence-electron chi connectivity index (χ3n) is 5.08. The van der Waals surface area contributed by atoms with Gasteiger partial charge in [0.05, 0.1) is 5.56 Å². The molecule has 1 aliphatic rings. The minimum absolute atomic E-state index is 0.00612. The van der Waals surface area contributed by atoms with Gasteiger partial charge in [0, 0.05) is 42.5 Å². The summed E-state index contributed by atoms with van der Waals surface area (Å²) in [5.74, 6) is -0.201. The summed E-state index contributed by atoms with van der Waals surface area (Å²) in [6.45, 7) is 0.730. The molecule has 1 aliphatic heterocycles. The molecule has 0 radical (unpaired) electrons. The Morgan fingerprint density at radius 1 is 1.25 bits per heavy atom. The van der Waals surface area contributed by atoms with Crippen LogP contribution in [-0.4, -0.2) is 35.4 Å².